The van der Waals surface area contributed by atoms with E-state index >= 15 is 0 Å². The van der Waals surface area contributed by atoms with Crippen molar-refractivity contribution in [3.63, 3.8) is 0 Å². The van der Waals surface area contributed by atoms with Crippen LogP contribution in [-0.4, -0.2) is 179 Å². The minimum atomic E-state index is -1.25. The molecule has 24 nitrogen and oxygen atoms in total. The molecule has 0 unspecified atom stereocenters. The topological polar surface area (TPSA) is 387 Å². The Morgan fingerprint density at radius 2 is 1.29 bits per heavy atom. The highest BCUT2D eigenvalue weighted by Crippen LogP contribution is 2.25. The van der Waals surface area contributed by atoms with Crippen LogP contribution in [0.4, 0.5) is 0 Å². The van der Waals surface area contributed by atoms with E-state index in [-0.39, 0.29) is 92.6 Å². The summed E-state index contributed by atoms with van der Waals surface area (Å²) < 4.78 is 0. The molecule has 66 heavy (non-hydrogen) atoms. The fourth-order valence-electron chi connectivity index (χ4n) is 6.55. The number of carbonyl (C=O) groups is 9. The number of guanidine groups is 2. The Kier molecular flexibility index (Phi) is 25.8. The Hall–Kier alpha value is -4.83. The average Bonchev–Trinajstić information content (AvgIpc) is 3.73. The normalized spacial score (nSPS) is 24.8. The predicted octanol–water partition coefficient (Wildman–Crippen LogP) is -3.94. The molecule has 0 spiro atoms. The lowest BCUT2D eigenvalue weighted by Crippen LogP contribution is -2.60. The van der Waals surface area contributed by atoms with Crippen LogP contribution in [0.25, 0.3) is 0 Å². The number of thioether (sulfide) groups is 2. The molecule has 2 fully saturated rings. The molecule has 0 bridgehead atoms. The summed E-state index contributed by atoms with van der Waals surface area (Å²) in [6.07, 6.45) is 2.60. The van der Waals surface area contributed by atoms with Gasteiger partial charge >= 0.3 is 0 Å². The summed E-state index contributed by atoms with van der Waals surface area (Å²) >= 11 is 2.73. The zero-order valence-corrected chi connectivity index (χ0v) is 41.3. The number of fused-ring (bicyclic) bond motifs is 1. The number of primary amides is 1. The molecule has 2 saturated heterocycles. The van der Waals surface area contributed by atoms with E-state index in [1.54, 1.807) is 0 Å². The van der Waals surface area contributed by atoms with Crippen molar-refractivity contribution in [1.29, 1.82) is 0 Å². The van der Waals surface area contributed by atoms with Crippen molar-refractivity contribution >= 4 is 110 Å². The van der Waals surface area contributed by atoms with Crippen molar-refractivity contribution in [1.82, 2.24) is 41.7 Å². The van der Waals surface area contributed by atoms with E-state index in [1.165, 1.54) is 42.4 Å². The minimum absolute atomic E-state index is 0.0147. The summed E-state index contributed by atoms with van der Waals surface area (Å²) in [5, 5.41) is 16.1. The third-order valence-corrected chi connectivity index (χ3v) is 13.9. The third kappa shape index (κ3) is 20.8. The molecule has 0 aromatic heterocycles. The molecule has 0 aromatic carbocycles. The van der Waals surface area contributed by atoms with E-state index in [9.17, 15) is 43.2 Å². The first-order valence-corrected chi connectivity index (χ1v) is 26.2. The van der Waals surface area contributed by atoms with Crippen molar-refractivity contribution in [2.75, 3.05) is 61.8 Å². The molecular formula is C38H67N15O9S4. The van der Waals surface area contributed by atoms with Crippen LogP contribution in [0.15, 0.2) is 9.98 Å². The monoisotopic (exact) mass is 1010 g/mol. The molecule has 28 heteroatoms. The quantitative estimate of drug-likeness (QED) is 0.0323. The second-order valence-electron chi connectivity index (χ2n) is 15.9. The molecule has 0 radical (unpaired) electrons. The van der Waals surface area contributed by atoms with E-state index in [0.29, 0.717) is 5.75 Å². The van der Waals surface area contributed by atoms with Crippen molar-refractivity contribution < 1.29 is 43.2 Å². The number of hydrogen-bond acceptors (Lipinski definition) is 15. The van der Waals surface area contributed by atoms with Gasteiger partial charge in [-0.25, -0.2) is 0 Å². The highest BCUT2D eigenvalue weighted by Gasteiger charge is 2.40. The third-order valence-electron chi connectivity index (χ3n) is 9.85. The number of rotatable bonds is 15. The minimum Gasteiger partial charge on any atom is -0.370 e. The van der Waals surface area contributed by atoms with Crippen LogP contribution < -0.4 is 60.6 Å². The van der Waals surface area contributed by atoms with Gasteiger partial charge in [0.1, 0.15) is 42.3 Å². The molecule has 372 valence electrons. The van der Waals surface area contributed by atoms with Gasteiger partial charge < -0.3 is 70.4 Å². The van der Waals surface area contributed by atoms with Crippen molar-refractivity contribution in [3.05, 3.63) is 0 Å². The first-order valence-electron chi connectivity index (χ1n) is 21.2. The van der Waals surface area contributed by atoms with Crippen LogP contribution in [0.5, 0.6) is 0 Å². The number of carbonyl (C=O) groups excluding carboxylic acids is 9. The van der Waals surface area contributed by atoms with Crippen LogP contribution >= 0.6 is 45.1 Å². The summed E-state index contributed by atoms with van der Waals surface area (Å²) in [6.45, 7) is 4.53. The van der Waals surface area contributed by atoms with E-state index in [2.05, 4.69) is 41.9 Å². The molecular weight excluding hydrogens is 939 g/mol. The maximum atomic E-state index is 14.3. The fraction of sp³-hybridized carbons (Fsp3) is 0.711. The number of aliphatic imine (C=N–C) groups is 2. The number of hydrogen-bond donors (Lipinski definition) is 11. The summed E-state index contributed by atoms with van der Waals surface area (Å²) in [4.78, 5) is 133. The van der Waals surface area contributed by atoms with Crippen LogP contribution in [-0.2, 0) is 43.2 Å². The predicted molar refractivity (Wildman–Crippen MR) is 259 cm³/mol. The summed E-state index contributed by atoms with van der Waals surface area (Å²) in [6, 6.07) is -8.21. The van der Waals surface area contributed by atoms with Gasteiger partial charge in [0.2, 0.25) is 53.2 Å². The number of nitrogens with two attached hydrogens (primary N) is 5. The van der Waals surface area contributed by atoms with Gasteiger partial charge in [-0.2, -0.15) is 11.8 Å². The van der Waals surface area contributed by atoms with Crippen molar-refractivity contribution in [3.8, 4) is 0 Å². The van der Waals surface area contributed by atoms with Gasteiger partial charge in [0, 0.05) is 44.3 Å². The van der Waals surface area contributed by atoms with Gasteiger partial charge in [-0.1, -0.05) is 35.4 Å². The largest absolute Gasteiger partial charge is 0.370 e. The maximum Gasteiger partial charge on any atom is 0.246 e. The molecule has 7 atom stereocenters. The number of likely N-dealkylation sites (N-methyl/N-ethyl adjacent to an activating group) is 1. The van der Waals surface area contributed by atoms with Crippen LogP contribution in [0.3, 0.4) is 0 Å². The van der Waals surface area contributed by atoms with Crippen LogP contribution in [0.1, 0.15) is 59.3 Å². The van der Waals surface area contributed by atoms with E-state index in [1.807, 2.05) is 20.1 Å². The standard InChI is InChI=1S/C38H67N15O9S4/c1-20(2)14-25-32(58)49-23(9-7-12-45-38(42)43)35(61)52(4)15-29(55)47-26(30(39)56)16-65-66-17-27(46-21(3)54)33(59)50-24(10-13-63-5)36(62)53-19-64-18-28(53)34(60)48-22(31(57)51-25)8-6-11-44-37(40)41/h20,22-28H,6-19H2,1-5H3,(H2,39,56)(H,46,54)(H,47,55)(H,48,60)(H,49,58)(H,50,59)(H,51,57)(H4,40,41,44)(H4,42,43,45)/t22-,23-,24-,25-,26-,27+,28-/m0/s1. The second kappa shape index (κ2) is 29.7. The Bertz CT molecular complexity index is 1770. The smallest absolute Gasteiger partial charge is 0.246 e. The van der Waals surface area contributed by atoms with Crippen LogP contribution in [0.2, 0.25) is 0 Å². The average molecular weight is 1010 g/mol. The lowest BCUT2D eigenvalue weighted by molar-refractivity contribution is -0.142. The zero-order valence-electron chi connectivity index (χ0n) is 38.0. The van der Waals surface area contributed by atoms with Gasteiger partial charge in [-0.3, -0.25) is 53.1 Å². The van der Waals surface area contributed by atoms with Gasteiger partial charge in [0.15, 0.2) is 11.9 Å². The Morgan fingerprint density at radius 1 is 0.742 bits per heavy atom. The lowest BCUT2D eigenvalue weighted by atomic mass is 10.0. The SMILES string of the molecule is CSCC[C@@H]1NC(=O)[C@H](NC(C)=O)CSSC[C@@H](C(N)=O)NC(=O)CN(C)C(=O)[C@H](CCCN=C(N)N)NC(=O)[C@H](CC(C)C)NC(=O)[C@H](CCCN=C(N)N)NC(=O)[C@@H]2CSCN2C1=O. The molecule has 2 heterocycles. The highest BCUT2D eigenvalue weighted by molar-refractivity contribution is 8.76. The van der Waals surface area contributed by atoms with E-state index in [0.717, 1.165) is 26.5 Å². The number of nitrogens with one attached hydrogen (secondary N) is 6. The van der Waals surface area contributed by atoms with Gasteiger partial charge in [0.05, 0.1) is 12.4 Å². The van der Waals surface area contributed by atoms with Gasteiger partial charge in [0.25, 0.3) is 0 Å². The molecule has 9 amide bonds. The molecule has 0 aliphatic carbocycles. The molecule has 16 N–H and O–H groups in total. The van der Waals surface area contributed by atoms with E-state index in [4.69, 9.17) is 28.7 Å². The number of amides is 9. The fourth-order valence-corrected chi connectivity index (χ4v) is 10.5. The van der Waals surface area contributed by atoms with Crippen LogP contribution in [0, 0.1) is 5.92 Å². The molecule has 0 aromatic rings. The Labute approximate surface area is 401 Å². The molecule has 2 aliphatic rings. The van der Waals surface area contributed by atoms with E-state index < -0.39 is 102 Å². The van der Waals surface area contributed by atoms with Gasteiger partial charge in [-0.05, 0) is 56.5 Å². The number of nitrogens with zero attached hydrogens (tertiary/aromatic N) is 4. The first kappa shape index (κ1) is 57.3. The molecule has 2 aliphatic heterocycles. The van der Waals surface area contributed by atoms with Crippen molar-refractivity contribution in [2.45, 2.75) is 102 Å². The summed E-state index contributed by atoms with van der Waals surface area (Å²) in [5.41, 5.74) is 27.6. The summed E-state index contributed by atoms with van der Waals surface area (Å²) in [5.74, 6) is -6.07. The van der Waals surface area contributed by atoms with Crippen molar-refractivity contribution in [2.24, 2.45) is 44.6 Å². The van der Waals surface area contributed by atoms with Gasteiger partial charge in [-0.15, -0.1) is 11.8 Å². The maximum absolute atomic E-state index is 14.3. The Morgan fingerprint density at radius 3 is 1.86 bits per heavy atom. The first-order chi connectivity index (χ1) is 31.1. The zero-order chi connectivity index (χ0) is 49.5. The Balaban J connectivity index is 2.65. The second-order valence-corrected chi connectivity index (χ2v) is 20.5. The molecule has 2 rings (SSSR count). The summed E-state index contributed by atoms with van der Waals surface area (Å²) in [7, 11) is 3.51. The molecule has 0 saturated carbocycles. The lowest BCUT2D eigenvalue weighted by Gasteiger charge is -2.31. The highest BCUT2D eigenvalue weighted by atomic mass is 33.1.